The van der Waals surface area contributed by atoms with Crippen LogP contribution >= 0.6 is 0 Å². The molecular formula is C22H27F2N3O3S. The van der Waals surface area contributed by atoms with E-state index in [1.807, 2.05) is 0 Å². The Labute approximate surface area is 182 Å². The Morgan fingerprint density at radius 3 is 2.29 bits per heavy atom. The molecule has 2 aromatic rings. The number of amides is 1. The number of sulfonamides is 1. The zero-order chi connectivity index (χ0) is 22.8. The third-order valence-electron chi connectivity index (χ3n) is 5.44. The van der Waals surface area contributed by atoms with Gasteiger partial charge < -0.3 is 9.80 Å². The summed E-state index contributed by atoms with van der Waals surface area (Å²) in [5.74, 6) is -1.86. The molecule has 3 rings (SSSR count). The predicted molar refractivity (Wildman–Crippen MR) is 116 cm³/mol. The van der Waals surface area contributed by atoms with Crippen LogP contribution in [-0.4, -0.2) is 57.8 Å². The van der Waals surface area contributed by atoms with Crippen molar-refractivity contribution in [2.45, 2.75) is 30.7 Å². The van der Waals surface area contributed by atoms with Crippen LogP contribution in [0.1, 0.15) is 35.2 Å². The van der Waals surface area contributed by atoms with E-state index in [1.54, 1.807) is 6.07 Å². The first-order chi connectivity index (χ1) is 14.6. The summed E-state index contributed by atoms with van der Waals surface area (Å²) in [5, 5.41) is 0. The monoisotopic (exact) mass is 451 g/mol. The molecule has 168 valence electrons. The maximum absolute atomic E-state index is 14.1. The molecule has 9 heteroatoms. The number of halogens is 2. The second-order valence-electron chi connectivity index (χ2n) is 7.91. The van der Waals surface area contributed by atoms with E-state index in [1.165, 1.54) is 44.2 Å². The first-order valence-corrected chi connectivity index (χ1v) is 11.6. The van der Waals surface area contributed by atoms with Crippen molar-refractivity contribution < 1.29 is 22.0 Å². The highest BCUT2D eigenvalue weighted by molar-refractivity contribution is 7.89. The van der Waals surface area contributed by atoms with Gasteiger partial charge in [0.2, 0.25) is 10.0 Å². The highest BCUT2D eigenvalue weighted by atomic mass is 32.2. The molecule has 1 saturated heterocycles. The molecule has 1 heterocycles. The number of nitrogens with zero attached hydrogens (tertiary/aromatic N) is 3. The molecule has 0 N–H and O–H groups in total. The van der Waals surface area contributed by atoms with Gasteiger partial charge in [0.25, 0.3) is 5.91 Å². The van der Waals surface area contributed by atoms with Gasteiger partial charge in [-0.3, -0.25) is 4.79 Å². The van der Waals surface area contributed by atoms with Crippen molar-refractivity contribution >= 4 is 21.6 Å². The molecule has 0 bridgehead atoms. The molecule has 0 aliphatic carbocycles. The van der Waals surface area contributed by atoms with Crippen molar-refractivity contribution in [2.24, 2.45) is 0 Å². The van der Waals surface area contributed by atoms with Crippen LogP contribution in [0, 0.1) is 11.6 Å². The second-order valence-corrected chi connectivity index (χ2v) is 10.1. The fraction of sp³-hybridized carbons (Fsp3) is 0.409. The lowest BCUT2D eigenvalue weighted by molar-refractivity contribution is 0.0784. The lowest BCUT2D eigenvalue weighted by Crippen LogP contribution is -2.34. The predicted octanol–water partition coefficient (Wildman–Crippen LogP) is 3.48. The summed E-state index contributed by atoms with van der Waals surface area (Å²) in [5.41, 5.74) is 1.08. The largest absolute Gasteiger partial charge is 0.371 e. The summed E-state index contributed by atoms with van der Waals surface area (Å²) in [6.07, 6.45) is 3.08. The van der Waals surface area contributed by atoms with Gasteiger partial charge in [0, 0.05) is 58.1 Å². The number of piperidine rings is 1. The van der Waals surface area contributed by atoms with Crippen molar-refractivity contribution in [3.63, 3.8) is 0 Å². The Morgan fingerprint density at radius 2 is 1.68 bits per heavy atom. The Balaban J connectivity index is 1.99. The van der Waals surface area contributed by atoms with Crippen LogP contribution in [0.3, 0.4) is 0 Å². The minimum absolute atomic E-state index is 0.0166. The van der Waals surface area contributed by atoms with Crippen LogP contribution in [-0.2, 0) is 16.6 Å². The third kappa shape index (κ3) is 5.04. The summed E-state index contributed by atoms with van der Waals surface area (Å²) in [4.78, 5) is 16.7. The van der Waals surface area contributed by atoms with Gasteiger partial charge in [-0.1, -0.05) is 6.07 Å². The smallest absolute Gasteiger partial charge is 0.256 e. The fourth-order valence-electron chi connectivity index (χ4n) is 3.65. The Morgan fingerprint density at radius 1 is 1.00 bits per heavy atom. The van der Waals surface area contributed by atoms with E-state index in [9.17, 15) is 22.0 Å². The number of benzene rings is 2. The molecule has 1 aliphatic rings. The molecule has 1 fully saturated rings. The molecule has 31 heavy (non-hydrogen) atoms. The molecule has 1 aliphatic heterocycles. The van der Waals surface area contributed by atoms with Crippen LogP contribution in [0.2, 0.25) is 0 Å². The number of hydrogen-bond donors (Lipinski definition) is 0. The van der Waals surface area contributed by atoms with Crippen LogP contribution < -0.4 is 4.90 Å². The average molecular weight is 452 g/mol. The van der Waals surface area contributed by atoms with Gasteiger partial charge >= 0.3 is 0 Å². The highest BCUT2D eigenvalue weighted by Gasteiger charge is 2.26. The number of rotatable bonds is 6. The van der Waals surface area contributed by atoms with Gasteiger partial charge in [-0.2, -0.15) is 0 Å². The lowest BCUT2D eigenvalue weighted by Gasteiger charge is -2.31. The van der Waals surface area contributed by atoms with Crippen LogP contribution in [0.25, 0.3) is 0 Å². The first-order valence-electron chi connectivity index (χ1n) is 10.1. The average Bonchev–Trinajstić information content (AvgIpc) is 2.75. The van der Waals surface area contributed by atoms with Crippen molar-refractivity contribution in [2.75, 3.05) is 39.1 Å². The van der Waals surface area contributed by atoms with Crippen LogP contribution in [0.5, 0.6) is 0 Å². The molecule has 0 atom stereocenters. The first kappa shape index (κ1) is 23.1. The number of carbonyl (C=O) groups excluding carboxylic acids is 1. The Bertz CT molecular complexity index is 1070. The maximum atomic E-state index is 14.1. The van der Waals surface area contributed by atoms with Gasteiger partial charge in [-0.05, 0) is 43.5 Å². The number of hydrogen-bond acceptors (Lipinski definition) is 4. The summed E-state index contributed by atoms with van der Waals surface area (Å²) in [6.45, 7) is 1.47. The standard InChI is InChI=1S/C22H27F2N3O3S/c1-25(2)31(29,30)18-9-10-21(27-11-5-4-6-12-27)19(14-18)22(28)26(3)15-16-7-8-17(23)13-20(16)24/h7-10,13-14H,4-6,11-12,15H2,1-3H3. The normalized spacial score (nSPS) is 14.7. The second kappa shape index (κ2) is 9.32. The van der Waals surface area contributed by atoms with E-state index in [0.717, 1.165) is 48.8 Å². The lowest BCUT2D eigenvalue weighted by atomic mass is 10.1. The van der Waals surface area contributed by atoms with Gasteiger partial charge in [0.1, 0.15) is 11.6 Å². The van der Waals surface area contributed by atoms with Gasteiger partial charge in [-0.25, -0.2) is 21.5 Å². The van der Waals surface area contributed by atoms with E-state index < -0.39 is 27.6 Å². The summed E-state index contributed by atoms with van der Waals surface area (Å²) in [6, 6.07) is 7.78. The SMILES string of the molecule is CN(Cc1ccc(F)cc1F)C(=O)c1cc(S(=O)(=O)N(C)C)ccc1N1CCCCC1. The van der Waals surface area contributed by atoms with E-state index in [-0.39, 0.29) is 22.6 Å². The van der Waals surface area contributed by atoms with Gasteiger partial charge in [0.05, 0.1) is 10.5 Å². The molecule has 0 spiro atoms. The van der Waals surface area contributed by atoms with E-state index >= 15 is 0 Å². The van der Waals surface area contributed by atoms with Crippen molar-refractivity contribution in [1.29, 1.82) is 0 Å². The zero-order valence-corrected chi connectivity index (χ0v) is 18.8. The van der Waals surface area contributed by atoms with E-state index in [0.29, 0.717) is 5.69 Å². The Hall–Kier alpha value is -2.52. The third-order valence-corrected chi connectivity index (χ3v) is 7.25. The summed E-state index contributed by atoms with van der Waals surface area (Å²) < 4.78 is 53.6. The van der Waals surface area contributed by atoms with Crippen LogP contribution in [0.15, 0.2) is 41.3 Å². The molecular weight excluding hydrogens is 424 g/mol. The maximum Gasteiger partial charge on any atom is 0.256 e. The minimum atomic E-state index is -3.73. The van der Waals surface area contributed by atoms with E-state index in [4.69, 9.17) is 0 Å². The van der Waals surface area contributed by atoms with Gasteiger partial charge in [0.15, 0.2) is 0 Å². The number of carbonyl (C=O) groups is 1. The summed E-state index contributed by atoms with van der Waals surface area (Å²) in [7, 11) is 0.637. The molecule has 0 radical (unpaired) electrons. The van der Waals surface area contributed by atoms with Crippen molar-refractivity contribution in [3.05, 3.63) is 59.2 Å². The van der Waals surface area contributed by atoms with Crippen molar-refractivity contribution in [1.82, 2.24) is 9.21 Å². The topological polar surface area (TPSA) is 60.9 Å². The molecule has 1 amide bonds. The molecule has 0 aromatic heterocycles. The Kier molecular flexibility index (Phi) is 6.96. The molecule has 0 unspecified atom stereocenters. The van der Waals surface area contributed by atoms with Gasteiger partial charge in [-0.15, -0.1) is 0 Å². The highest BCUT2D eigenvalue weighted by Crippen LogP contribution is 2.29. The quantitative estimate of drug-likeness (QED) is 0.675. The van der Waals surface area contributed by atoms with Crippen molar-refractivity contribution in [3.8, 4) is 0 Å². The molecule has 6 nitrogen and oxygen atoms in total. The van der Waals surface area contributed by atoms with E-state index in [2.05, 4.69) is 4.90 Å². The summed E-state index contributed by atoms with van der Waals surface area (Å²) >= 11 is 0. The van der Waals surface area contributed by atoms with Crippen LogP contribution in [0.4, 0.5) is 14.5 Å². The fourth-order valence-corrected chi connectivity index (χ4v) is 4.58. The zero-order valence-electron chi connectivity index (χ0n) is 17.9. The minimum Gasteiger partial charge on any atom is -0.371 e. The number of anilines is 1. The molecule has 2 aromatic carbocycles. The molecule has 0 saturated carbocycles.